The molecule has 0 saturated heterocycles. The molecule has 0 fully saturated rings. The molecular weight excluding hydrogens is 226 g/mol. The van der Waals surface area contributed by atoms with Crippen molar-refractivity contribution in [2.24, 2.45) is 5.14 Å². The highest BCUT2D eigenvalue weighted by Gasteiger charge is 2.11. The van der Waals surface area contributed by atoms with E-state index in [-0.39, 0.29) is 4.90 Å². The van der Waals surface area contributed by atoms with Crippen LogP contribution in [0.2, 0.25) is 0 Å². The van der Waals surface area contributed by atoms with Crippen LogP contribution in [0.5, 0.6) is 0 Å². The predicted molar refractivity (Wildman–Crippen MR) is 61.2 cm³/mol. The van der Waals surface area contributed by atoms with Gasteiger partial charge in [-0.2, -0.15) is 0 Å². The number of hydrogen-bond acceptors (Lipinski definition) is 3. The van der Waals surface area contributed by atoms with Crippen molar-refractivity contribution in [3.8, 4) is 0 Å². The van der Waals surface area contributed by atoms with E-state index in [1.54, 1.807) is 12.1 Å². The Hall–Kier alpha value is -1.17. The minimum absolute atomic E-state index is 0.150. The molecule has 0 spiro atoms. The van der Waals surface area contributed by atoms with Gasteiger partial charge in [0.15, 0.2) is 0 Å². The normalized spacial score (nSPS) is 16.9. The second kappa shape index (κ2) is 4.37. The molecule has 1 aliphatic heterocycles. The molecule has 0 unspecified atom stereocenters. The lowest BCUT2D eigenvalue weighted by atomic mass is 10.0. The van der Waals surface area contributed by atoms with Crippen LogP contribution >= 0.6 is 0 Å². The van der Waals surface area contributed by atoms with Crippen molar-refractivity contribution in [2.45, 2.75) is 11.3 Å². The molecule has 2 rings (SSSR count). The van der Waals surface area contributed by atoms with Gasteiger partial charge < -0.3 is 4.74 Å². The van der Waals surface area contributed by atoms with E-state index >= 15 is 0 Å². The topological polar surface area (TPSA) is 69.4 Å². The fourth-order valence-electron chi connectivity index (χ4n) is 1.66. The second-order valence-corrected chi connectivity index (χ2v) is 5.19. The van der Waals surface area contributed by atoms with Gasteiger partial charge in [0.1, 0.15) is 0 Å². The van der Waals surface area contributed by atoms with E-state index in [0.717, 1.165) is 17.6 Å². The summed E-state index contributed by atoms with van der Waals surface area (Å²) < 4.78 is 27.6. The Morgan fingerprint density at radius 3 is 2.75 bits per heavy atom. The van der Waals surface area contributed by atoms with Gasteiger partial charge in [-0.3, -0.25) is 0 Å². The molecule has 86 valence electrons. The van der Waals surface area contributed by atoms with Crippen molar-refractivity contribution in [3.05, 3.63) is 35.9 Å². The molecule has 2 N–H and O–H groups in total. The zero-order chi connectivity index (χ0) is 11.6. The van der Waals surface area contributed by atoms with Gasteiger partial charge in [0.2, 0.25) is 10.0 Å². The largest absolute Gasteiger partial charge is 0.377 e. The first kappa shape index (κ1) is 11.3. The van der Waals surface area contributed by atoms with Crippen molar-refractivity contribution in [3.63, 3.8) is 0 Å². The van der Waals surface area contributed by atoms with Crippen LogP contribution in [0.1, 0.15) is 12.0 Å². The highest BCUT2D eigenvalue weighted by molar-refractivity contribution is 7.89. The van der Waals surface area contributed by atoms with E-state index in [1.807, 2.05) is 12.1 Å². The van der Waals surface area contributed by atoms with Crippen LogP contribution in [0.4, 0.5) is 0 Å². The first-order valence-corrected chi connectivity index (χ1v) is 6.52. The lowest BCUT2D eigenvalue weighted by Crippen LogP contribution is -2.12. The summed E-state index contributed by atoms with van der Waals surface area (Å²) in [5.41, 5.74) is 2.01. The minimum atomic E-state index is -3.62. The van der Waals surface area contributed by atoms with Gasteiger partial charge in [-0.15, -0.1) is 0 Å². The van der Waals surface area contributed by atoms with Crippen LogP contribution in [-0.4, -0.2) is 21.6 Å². The van der Waals surface area contributed by atoms with E-state index in [4.69, 9.17) is 9.88 Å². The zero-order valence-corrected chi connectivity index (χ0v) is 9.53. The SMILES string of the molecule is NS(=O)(=O)c1cccc(C2=CCOCC2)c1. The summed E-state index contributed by atoms with van der Waals surface area (Å²) in [4.78, 5) is 0.150. The molecule has 0 aromatic heterocycles. The van der Waals surface area contributed by atoms with Crippen molar-refractivity contribution in [1.29, 1.82) is 0 Å². The summed E-state index contributed by atoms with van der Waals surface area (Å²) in [5.74, 6) is 0. The van der Waals surface area contributed by atoms with Crippen LogP contribution in [0.25, 0.3) is 5.57 Å². The number of primary sulfonamides is 1. The van der Waals surface area contributed by atoms with E-state index in [0.29, 0.717) is 13.2 Å². The average molecular weight is 239 g/mol. The number of hydrogen-bond donors (Lipinski definition) is 1. The molecule has 0 aliphatic carbocycles. The molecule has 1 aromatic carbocycles. The van der Waals surface area contributed by atoms with Gasteiger partial charge in [-0.1, -0.05) is 18.2 Å². The van der Waals surface area contributed by atoms with Crippen LogP contribution in [0, 0.1) is 0 Å². The maximum atomic E-state index is 11.2. The van der Waals surface area contributed by atoms with Crippen LogP contribution < -0.4 is 5.14 Å². The van der Waals surface area contributed by atoms with Crippen LogP contribution in [0.15, 0.2) is 35.2 Å². The number of sulfonamides is 1. The summed E-state index contributed by atoms with van der Waals surface area (Å²) in [6, 6.07) is 6.68. The molecule has 4 nitrogen and oxygen atoms in total. The molecule has 1 heterocycles. The van der Waals surface area contributed by atoms with Gasteiger partial charge in [0, 0.05) is 0 Å². The Bertz CT molecular complexity index is 520. The molecule has 16 heavy (non-hydrogen) atoms. The lowest BCUT2D eigenvalue weighted by Gasteiger charge is -2.14. The molecule has 0 amide bonds. The number of nitrogens with two attached hydrogens (primary N) is 1. The summed E-state index contributed by atoms with van der Waals surface area (Å²) in [6.07, 6.45) is 2.76. The third-order valence-electron chi connectivity index (χ3n) is 2.50. The lowest BCUT2D eigenvalue weighted by molar-refractivity contribution is 0.161. The third-order valence-corrected chi connectivity index (χ3v) is 3.41. The summed E-state index contributed by atoms with van der Waals surface area (Å²) in [6.45, 7) is 1.25. The van der Waals surface area contributed by atoms with Crippen molar-refractivity contribution >= 4 is 15.6 Å². The molecule has 0 saturated carbocycles. The molecule has 5 heteroatoms. The Balaban J connectivity index is 2.39. The fourth-order valence-corrected chi connectivity index (χ4v) is 2.22. The maximum absolute atomic E-state index is 11.2. The van der Waals surface area contributed by atoms with E-state index in [2.05, 4.69) is 0 Å². The van der Waals surface area contributed by atoms with Crippen LogP contribution in [0.3, 0.4) is 0 Å². The van der Waals surface area contributed by atoms with Gasteiger partial charge in [-0.25, -0.2) is 13.6 Å². The van der Waals surface area contributed by atoms with Gasteiger partial charge >= 0.3 is 0 Å². The van der Waals surface area contributed by atoms with E-state index in [9.17, 15) is 8.42 Å². The van der Waals surface area contributed by atoms with Crippen LogP contribution in [-0.2, 0) is 14.8 Å². The Kier molecular flexibility index (Phi) is 3.09. The molecule has 0 radical (unpaired) electrons. The highest BCUT2D eigenvalue weighted by atomic mass is 32.2. The Morgan fingerprint density at radius 1 is 1.31 bits per heavy atom. The quantitative estimate of drug-likeness (QED) is 0.841. The first-order valence-electron chi connectivity index (χ1n) is 4.97. The zero-order valence-electron chi connectivity index (χ0n) is 8.72. The smallest absolute Gasteiger partial charge is 0.238 e. The first-order chi connectivity index (χ1) is 7.57. The number of ether oxygens (including phenoxy) is 1. The molecule has 1 aliphatic rings. The van der Waals surface area contributed by atoms with E-state index < -0.39 is 10.0 Å². The standard InChI is InChI=1S/C11H13NO3S/c12-16(13,14)11-3-1-2-10(8-11)9-4-6-15-7-5-9/h1-4,8H,5-7H2,(H2,12,13,14). The minimum Gasteiger partial charge on any atom is -0.377 e. The Morgan fingerprint density at radius 2 is 2.12 bits per heavy atom. The fraction of sp³-hybridized carbons (Fsp3) is 0.273. The number of rotatable bonds is 2. The molecule has 1 aromatic rings. The predicted octanol–water partition coefficient (Wildman–Crippen LogP) is 1.14. The number of benzene rings is 1. The average Bonchev–Trinajstić information content (AvgIpc) is 2.29. The van der Waals surface area contributed by atoms with Gasteiger partial charge in [0.05, 0.1) is 18.1 Å². The van der Waals surface area contributed by atoms with Crippen molar-refractivity contribution in [2.75, 3.05) is 13.2 Å². The Labute approximate surface area is 94.8 Å². The summed E-state index contributed by atoms with van der Waals surface area (Å²) in [5, 5.41) is 5.08. The van der Waals surface area contributed by atoms with Gasteiger partial charge in [-0.05, 0) is 29.7 Å². The highest BCUT2D eigenvalue weighted by Crippen LogP contribution is 2.22. The molecule has 0 atom stereocenters. The van der Waals surface area contributed by atoms with Crippen molar-refractivity contribution in [1.82, 2.24) is 0 Å². The second-order valence-electron chi connectivity index (χ2n) is 3.63. The summed E-state index contributed by atoms with van der Waals surface area (Å²) in [7, 11) is -3.62. The van der Waals surface area contributed by atoms with Crippen molar-refractivity contribution < 1.29 is 13.2 Å². The molecular formula is C11H13NO3S. The molecule has 0 bridgehead atoms. The maximum Gasteiger partial charge on any atom is 0.238 e. The third kappa shape index (κ3) is 2.49. The monoisotopic (exact) mass is 239 g/mol. The summed E-state index contributed by atoms with van der Waals surface area (Å²) >= 11 is 0. The van der Waals surface area contributed by atoms with E-state index in [1.165, 1.54) is 6.07 Å². The van der Waals surface area contributed by atoms with Gasteiger partial charge in [0.25, 0.3) is 0 Å².